The van der Waals surface area contributed by atoms with Crippen molar-refractivity contribution < 1.29 is 14.3 Å². The molecule has 0 spiro atoms. The van der Waals surface area contributed by atoms with E-state index in [1.54, 1.807) is 25.1 Å². The SMILES string of the molecule is CCOC(=O)c1ccc2c(c1)sc(=NC(=O)c1cc(Cl)cc(Cl)c1)n2CC. The average Bonchev–Trinajstić information content (AvgIpc) is 2.97. The summed E-state index contributed by atoms with van der Waals surface area (Å²) < 4.78 is 7.80. The summed E-state index contributed by atoms with van der Waals surface area (Å²) in [6, 6.07) is 9.92. The molecule has 0 aliphatic heterocycles. The molecule has 3 rings (SSSR count). The van der Waals surface area contributed by atoms with Gasteiger partial charge in [-0.3, -0.25) is 4.79 Å². The Balaban J connectivity index is 2.08. The van der Waals surface area contributed by atoms with Crippen LogP contribution in [-0.2, 0) is 11.3 Å². The third kappa shape index (κ3) is 4.24. The van der Waals surface area contributed by atoms with Gasteiger partial charge in [0.2, 0.25) is 0 Å². The second-order valence-corrected chi connectivity index (χ2v) is 7.49. The van der Waals surface area contributed by atoms with Gasteiger partial charge in [-0.15, -0.1) is 0 Å². The summed E-state index contributed by atoms with van der Waals surface area (Å²) >= 11 is 13.3. The summed E-state index contributed by atoms with van der Waals surface area (Å²) in [5.74, 6) is -0.808. The van der Waals surface area contributed by atoms with E-state index in [1.165, 1.54) is 23.5 Å². The summed E-state index contributed by atoms with van der Waals surface area (Å²) in [5, 5.41) is 0.750. The molecule has 0 fully saturated rings. The van der Waals surface area contributed by atoms with Crippen molar-refractivity contribution in [3.8, 4) is 0 Å². The molecular weight excluding hydrogens is 407 g/mol. The largest absolute Gasteiger partial charge is 0.462 e. The van der Waals surface area contributed by atoms with Crippen molar-refractivity contribution in [1.82, 2.24) is 4.57 Å². The zero-order valence-electron chi connectivity index (χ0n) is 14.7. The molecule has 0 saturated carbocycles. The molecule has 0 bridgehead atoms. The first-order valence-corrected chi connectivity index (χ1v) is 9.85. The minimum Gasteiger partial charge on any atom is -0.462 e. The van der Waals surface area contributed by atoms with E-state index in [0.29, 0.717) is 39.1 Å². The standard InChI is InChI=1S/C19H16Cl2N2O3S/c1-3-23-15-6-5-11(18(25)26-4-2)9-16(15)27-19(23)22-17(24)12-7-13(20)10-14(21)8-12/h5-10H,3-4H2,1-2H3. The first kappa shape index (κ1) is 19.6. The van der Waals surface area contributed by atoms with Crippen molar-refractivity contribution in [1.29, 1.82) is 0 Å². The van der Waals surface area contributed by atoms with Crippen LogP contribution in [0.3, 0.4) is 0 Å². The second kappa shape index (κ2) is 8.25. The zero-order valence-corrected chi connectivity index (χ0v) is 17.0. The van der Waals surface area contributed by atoms with Crippen molar-refractivity contribution in [2.45, 2.75) is 20.4 Å². The molecule has 0 aliphatic rings. The molecule has 0 aliphatic carbocycles. The normalized spacial score (nSPS) is 11.8. The lowest BCUT2D eigenvalue weighted by Crippen LogP contribution is -2.15. The number of nitrogens with zero attached hydrogens (tertiary/aromatic N) is 2. The van der Waals surface area contributed by atoms with Gasteiger partial charge in [-0.1, -0.05) is 34.5 Å². The van der Waals surface area contributed by atoms with Gasteiger partial charge < -0.3 is 9.30 Å². The van der Waals surface area contributed by atoms with Crippen molar-refractivity contribution in [2.24, 2.45) is 4.99 Å². The lowest BCUT2D eigenvalue weighted by Gasteiger charge is -2.03. The van der Waals surface area contributed by atoms with Crippen molar-refractivity contribution in [3.05, 3.63) is 62.4 Å². The highest BCUT2D eigenvalue weighted by Gasteiger charge is 2.13. The molecule has 140 valence electrons. The lowest BCUT2D eigenvalue weighted by molar-refractivity contribution is 0.0526. The van der Waals surface area contributed by atoms with Crippen LogP contribution in [0.25, 0.3) is 10.2 Å². The molecule has 5 nitrogen and oxygen atoms in total. The average molecular weight is 423 g/mol. The van der Waals surface area contributed by atoms with Gasteiger partial charge in [0.1, 0.15) is 0 Å². The van der Waals surface area contributed by atoms with Gasteiger partial charge in [-0.2, -0.15) is 4.99 Å². The smallest absolute Gasteiger partial charge is 0.338 e. The number of carbonyl (C=O) groups is 2. The number of esters is 1. The van der Waals surface area contributed by atoms with Crippen LogP contribution in [-0.4, -0.2) is 23.1 Å². The number of benzene rings is 2. The van der Waals surface area contributed by atoms with Crippen LogP contribution in [0.5, 0.6) is 0 Å². The minimum absolute atomic E-state index is 0.313. The number of thiazole rings is 1. The Morgan fingerprint density at radius 3 is 2.41 bits per heavy atom. The van der Waals surface area contributed by atoms with E-state index >= 15 is 0 Å². The van der Waals surface area contributed by atoms with Gasteiger partial charge in [-0.05, 0) is 50.2 Å². The number of halogens is 2. The minimum atomic E-state index is -0.432. The molecule has 2 aromatic carbocycles. The maximum atomic E-state index is 12.6. The Hall–Kier alpha value is -2.15. The topological polar surface area (TPSA) is 60.7 Å². The number of aryl methyl sites for hydroxylation is 1. The maximum absolute atomic E-state index is 12.6. The summed E-state index contributed by atoms with van der Waals surface area (Å²) in [6.07, 6.45) is 0. The molecule has 0 N–H and O–H groups in total. The highest BCUT2D eigenvalue weighted by molar-refractivity contribution is 7.16. The van der Waals surface area contributed by atoms with Crippen molar-refractivity contribution in [2.75, 3.05) is 6.61 Å². The van der Waals surface area contributed by atoms with Gasteiger partial charge in [-0.25, -0.2) is 4.79 Å². The Labute approximate surface area is 169 Å². The van der Waals surface area contributed by atoms with E-state index in [2.05, 4.69) is 4.99 Å². The van der Waals surface area contributed by atoms with Crippen molar-refractivity contribution in [3.63, 3.8) is 0 Å². The third-order valence-corrected chi connectivity index (χ3v) is 5.29. The Kier molecular flexibility index (Phi) is 5.99. The van der Waals surface area contributed by atoms with E-state index < -0.39 is 5.91 Å². The highest BCUT2D eigenvalue weighted by atomic mass is 35.5. The van der Waals surface area contributed by atoms with Crippen LogP contribution >= 0.6 is 34.5 Å². The lowest BCUT2D eigenvalue weighted by atomic mass is 10.2. The van der Waals surface area contributed by atoms with Gasteiger partial charge in [0, 0.05) is 22.2 Å². The van der Waals surface area contributed by atoms with E-state index in [9.17, 15) is 9.59 Å². The van der Waals surface area contributed by atoms with Crippen LogP contribution in [0.15, 0.2) is 41.4 Å². The maximum Gasteiger partial charge on any atom is 0.338 e. The predicted molar refractivity (Wildman–Crippen MR) is 108 cm³/mol. The Morgan fingerprint density at radius 2 is 1.78 bits per heavy atom. The predicted octanol–water partition coefficient (Wildman–Crippen LogP) is 4.95. The van der Waals surface area contributed by atoms with Crippen LogP contribution in [0.4, 0.5) is 0 Å². The molecule has 1 heterocycles. The number of amides is 1. The van der Waals surface area contributed by atoms with Gasteiger partial charge in [0.15, 0.2) is 4.80 Å². The third-order valence-electron chi connectivity index (χ3n) is 3.82. The number of carbonyl (C=O) groups excluding carboxylic acids is 2. The van der Waals surface area contributed by atoms with Crippen molar-refractivity contribution >= 4 is 56.6 Å². The van der Waals surface area contributed by atoms with Gasteiger partial charge in [0.05, 0.1) is 22.4 Å². The van der Waals surface area contributed by atoms with Gasteiger partial charge in [0.25, 0.3) is 5.91 Å². The Morgan fingerprint density at radius 1 is 1.07 bits per heavy atom. The number of fused-ring (bicyclic) bond motifs is 1. The van der Waals surface area contributed by atoms with Crippen LogP contribution < -0.4 is 4.80 Å². The fraction of sp³-hybridized carbons (Fsp3) is 0.211. The first-order valence-electron chi connectivity index (χ1n) is 8.28. The molecule has 8 heteroatoms. The number of hydrogen-bond acceptors (Lipinski definition) is 4. The highest BCUT2D eigenvalue weighted by Crippen LogP contribution is 2.21. The van der Waals surface area contributed by atoms with E-state index in [0.717, 1.165) is 10.2 Å². The van der Waals surface area contributed by atoms with E-state index in [-0.39, 0.29) is 5.97 Å². The van der Waals surface area contributed by atoms with E-state index in [4.69, 9.17) is 27.9 Å². The molecule has 27 heavy (non-hydrogen) atoms. The van der Waals surface area contributed by atoms with Crippen LogP contribution in [0.1, 0.15) is 34.6 Å². The molecule has 1 aromatic heterocycles. The number of rotatable bonds is 4. The fourth-order valence-electron chi connectivity index (χ4n) is 2.63. The zero-order chi connectivity index (χ0) is 19.6. The Bertz CT molecular complexity index is 1080. The molecular formula is C19H16Cl2N2O3S. The molecule has 0 unspecified atom stereocenters. The molecule has 1 amide bonds. The quantitative estimate of drug-likeness (QED) is 0.558. The summed E-state index contributed by atoms with van der Waals surface area (Å²) in [7, 11) is 0. The van der Waals surface area contributed by atoms with Crippen LogP contribution in [0.2, 0.25) is 10.0 Å². The number of hydrogen-bond donors (Lipinski definition) is 0. The van der Waals surface area contributed by atoms with Gasteiger partial charge >= 0.3 is 5.97 Å². The number of aromatic nitrogens is 1. The number of ether oxygens (including phenoxy) is 1. The summed E-state index contributed by atoms with van der Waals surface area (Å²) in [6.45, 7) is 4.66. The van der Waals surface area contributed by atoms with Crippen LogP contribution in [0, 0.1) is 0 Å². The molecule has 0 atom stereocenters. The summed E-state index contributed by atoms with van der Waals surface area (Å²) in [5.41, 5.74) is 1.68. The molecule has 3 aromatic rings. The van der Waals surface area contributed by atoms with E-state index in [1.807, 2.05) is 17.6 Å². The fourth-order valence-corrected chi connectivity index (χ4v) is 4.29. The summed E-state index contributed by atoms with van der Waals surface area (Å²) in [4.78, 5) is 29.3. The monoisotopic (exact) mass is 422 g/mol. The second-order valence-electron chi connectivity index (χ2n) is 5.61. The molecule has 0 saturated heterocycles. The molecule has 0 radical (unpaired) electrons. The first-order chi connectivity index (χ1) is 12.9.